The van der Waals surface area contributed by atoms with Crippen LogP contribution in [0.25, 0.3) is 0 Å². The molecule has 1 saturated heterocycles. The molecule has 1 saturated carbocycles. The molecule has 1 N–H and O–H groups in total. The van der Waals surface area contributed by atoms with Crippen molar-refractivity contribution in [3.05, 3.63) is 29.3 Å². The van der Waals surface area contributed by atoms with Gasteiger partial charge in [-0.1, -0.05) is 12.8 Å². The van der Waals surface area contributed by atoms with E-state index in [0.29, 0.717) is 36.1 Å². The van der Waals surface area contributed by atoms with Crippen molar-refractivity contribution < 1.29 is 28.7 Å². The first-order valence-electron chi connectivity index (χ1n) is 9.84. The van der Waals surface area contributed by atoms with E-state index in [1.165, 1.54) is 18.9 Å². The first-order valence-corrected chi connectivity index (χ1v) is 9.84. The number of urea groups is 1. The summed E-state index contributed by atoms with van der Waals surface area (Å²) in [7, 11) is 1.50. The van der Waals surface area contributed by atoms with E-state index in [9.17, 15) is 19.2 Å². The van der Waals surface area contributed by atoms with Crippen LogP contribution in [0.2, 0.25) is 0 Å². The van der Waals surface area contributed by atoms with E-state index >= 15 is 0 Å². The molecular weight excluding hydrogens is 376 g/mol. The van der Waals surface area contributed by atoms with Crippen LogP contribution in [0.15, 0.2) is 18.2 Å². The highest BCUT2D eigenvalue weighted by molar-refractivity contribution is 6.07. The average Bonchev–Trinajstić information content (AvgIpc) is 3.26. The van der Waals surface area contributed by atoms with Crippen molar-refractivity contribution >= 4 is 23.7 Å². The number of rotatable bonds is 8. The number of amides is 3. The topological polar surface area (TPSA) is 102 Å². The second-order valence-corrected chi connectivity index (χ2v) is 7.52. The van der Waals surface area contributed by atoms with Crippen LogP contribution in [-0.2, 0) is 20.9 Å². The van der Waals surface area contributed by atoms with E-state index in [0.717, 1.165) is 12.8 Å². The van der Waals surface area contributed by atoms with Crippen molar-refractivity contribution in [2.75, 3.05) is 13.7 Å². The van der Waals surface area contributed by atoms with Gasteiger partial charge < -0.3 is 14.8 Å². The molecule has 0 bridgehead atoms. The molecule has 1 aromatic carbocycles. The number of carbonyl (C=O) groups excluding carboxylic acids is 4. The molecule has 1 aromatic rings. The van der Waals surface area contributed by atoms with Crippen molar-refractivity contribution in [3.8, 4) is 5.75 Å². The highest BCUT2D eigenvalue weighted by Gasteiger charge is 2.52. The van der Waals surface area contributed by atoms with Crippen LogP contribution in [0.4, 0.5) is 4.79 Å². The van der Waals surface area contributed by atoms with Gasteiger partial charge in [0.1, 0.15) is 17.9 Å². The number of nitrogens with one attached hydrogen (secondary N) is 1. The lowest BCUT2D eigenvalue weighted by molar-refractivity contribution is -0.145. The molecule has 8 heteroatoms. The summed E-state index contributed by atoms with van der Waals surface area (Å²) < 4.78 is 10.5. The van der Waals surface area contributed by atoms with Crippen LogP contribution in [-0.4, -0.2) is 47.8 Å². The van der Waals surface area contributed by atoms with Crippen molar-refractivity contribution in [1.82, 2.24) is 10.2 Å². The third-order valence-corrected chi connectivity index (χ3v) is 5.54. The van der Waals surface area contributed by atoms with Gasteiger partial charge in [0.05, 0.1) is 7.11 Å². The standard InChI is InChI=1S/C21H26N2O6/c1-14(24)15-7-8-17(28-2)16(12-15)13-29-18(25)6-5-11-23-19(26)21(22-20(23)27)9-3-4-10-21/h7-8,12H,3-6,9-11,13H2,1-2H3,(H,22,27). The smallest absolute Gasteiger partial charge is 0.325 e. The quantitative estimate of drug-likeness (QED) is 0.407. The molecule has 0 radical (unpaired) electrons. The van der Waals surface area contributed by atoms with Crippen LogP contribution >= 0.6 is 0 Å². The summed E-state index contributed by atoms with van der Waals surface area (Å²) in [4.78, 5) is 49.5. The SMILES string of the molecule is COc1ccc(C(C)=O)cc1COC(=O)CCCN1C(=O)NC2(CCCC2)C1=O. The molecule has 2 aliphatic rings. The van der Waals surface area contributed by atoms with Gasteiger partial charge in [0.25, 0.3) is 5.91 Å². The third kappa shape index (κ3) is 4.41. The molecule has 0 aromatic heterocycles. The maximum atomic E-state index is 12.6. The lowest BCUT2D eigenvalue weighted by Gasteiger charge is -2.19. The summed E-state index contributed by atoms with van der Waals surface area (Å²) in [6.45, 7) is 1.63. The van der Waals surface area contributed by atoms with Gasteiger partial charge in [-0.25, -0.2) is 4.79 Å². The molecule has 0 unspecified atom stereocenters. The Labute approximate surface area is 169 Å². The number of ketones is 1. The van der Waals surface area contributed by atoms with Gasteiger partial charge in [-0.15, -0.1) is 0 Å². The number of imide groups is 1. The molecule has 29 heavy (non-hydrogen) atoms. The number of ether oxygens (including phenoxy) is 2. The largest absolute Gasteiger partial charge is 0.496 e. The van der Waals surface area contributed by atoms with Gasteiger partial charge in [0.15, 0.2) is 5.78 Å². The molecule has 8 nitrogen and oxygen atoms in total. The molecule has 1 spiro atoms. The number of methoxy groups -OCH3 is 1. The number of hydrogen-bond acceptors (Lipinski definition) is 6. The van der Waals surface area contributed by atoms with E-state index in [1.807, 2.05) is 0 Å². The third-order valence-electron chi connectivity index (χ3n) is 5.54. The van der Waals surface area contributed by atoms with Crippen LogP contribution in [0.3, 0.4) is 0 Å². The first-order chi connectivity index (χ1) is 13.9. The fourth-order valence-electron chi connectivity index (χ4n) is 3.92. The second kappa shape index (κ2) is 8.63. The monoisotopic (exact) mass is 402 g/mol. The zero-order valence-corrected chi connectivity index (χ0v) is 16.8. The van der Waals surface area contributed by atoms with Gasteiger partial charge in [-0.05, 0) is 44.4 Å². The van der Waals surface area contributed by atoms with Crippen LogP contribution < -0.4 is 10.1 Å². The molecule has 3 rings (SSSR count). The summed E-state index contributed by atoms with van der Waals surface area (Å²) >= 11 is 0. The Kier molecular flexibility index (Phi) is 6.20. The number of nitrogens with zero attached hydrogens (tertiary/aromatic N) is 1. The minimum Gasteiger partial charge on any atom is -0.496 e. The molecule has 156 valence electrons. The van der Waals surface area contributed by atoms with E-state index in [1.54, 1.807) is 18.2 Å². The van der Waals surface area contributed by atoms with Gasteiger partial charge >= 0.3 is 12.0 Å². The molecule has 1 aliphatic heterocycles. The van der Waals surface area contributed by atoms with Crippen LogP contribution in [0, 0.1) is 0 Å². The fourth-order valence-corrected chi connectivity index (χ4v) is 3.92. The van der Waals surface area contributed by atoms with E-state index in [2.05, 4.69) is 5.32 Å². The van der Waals surface area contributed by atoms with E-state index in [-0.39, 0.29) is 37.3 Å². The second-order valence-electron chi connectivity index (χ2n) is 7.52. The summed E-state index contributed by atoms with van der Waals surface area (Å²) in [5, 5.41) is 2.82. The van der Waals surface area contributed by atoms with Crippen LogP contribution in [0.5, 0.6) is 5.75 Å². The molecule has 1 heterocycles. The maximum Gasteiger partial charge on any atom is 0.325 e. The lowest BCUT2D eigenvalue weighted by Crippen LogP contribution is -2.44. The van der Waals surface area contributed by atoms with E-state index < -0.39 is 11.5 Å². The molecular formula is C21H26N2O6. The Balaban J connectivity index is 1.48. The Morgan fingerprint density at radius 3 is 2.59 bits per heavy atom. The van der Waals surface area contributed by atoms with Gasteiger partial charge in [-0.3, -0.25) is 19.3 Å². The normalized spacial score (nSPS) is 17.5. The van der Waals surface area contributed by atoms with Crippen molar-refractivity contribution in [2.45, 2.75) is 57.6 Å². The molecule has 1 aliphatic carbocycles. The predicted octanol–water partition coefficient (Wildman–Crippen LogP) is 2.59. The van der Waals surface area contributed by atoms with Crippen molar-refractivity contribution in [1.29, 1.82) is 0 Å². The number of carbonyl (C=O) groups is 4. The zero-order chi connectivity index (χ0) is 21.0. The molecule has 2 fully saturated rings. The highest BCUT2D eigenvalue weighted by Crippen LogP contribution is 2.35. The number of esters is 1. The predicted molar refractivity (Wildman–Crippen MR) is 103 cm³/mol. The number of benzene rings is 1. The average molecular weight is 402 g/mol. The Bertz CT molecular complexity index is 828. The Morgan fingerprint density at radius 2 is 1.93 bits per heavy atom. The summed E-state index contributed by atoms with van der Waals surface area (Å²) in [5.74, 6) is -0.181. The number of Topliss-reactive ketones (excluding diaryl/α,β-unsaturated/α-hetero) is 1. The van der Waals surface area contributed by atoms with Gasteiger partial charge in [0, 0.05) is 24.1 Å². The van der Waals surface area contributed by atoms with Gasteiger partial charge in [-0.2, -0.15) is 0 Å². The summed E-state index contributed by atoms with van der Waals surface area (Å²) in [5.41, 5.74) is 0.387. The van der Waals surface area contributed by atoms with Crippen molar-refractivity contribution in [2.24, 2.45) is 0 Å². The van der Waals surface area contributed by atoms with Gasteiger partial charge in [0.2, 0.25) is 0 Å². The molecule has 0 atom stereocenters. The Morgan fingerprint density at radius 1 is 1.21 bits per heavy atom. The minimum atomic E-state index is -0.726. The van der Waals surface area contributed by atoms with Crippen molar-refractivity contribution in [3.63, 3.8) is 0 Å². The fraction of sp³-hybridized carbons (Fsp3) is 0.524. The van der Waals surface area contributed by atoms with Crippen LogP contribution in [0.1, 0.15) is 61.4 Å². The lowest BCUT2D eigenvalue weighted by atomic mass is 9.98. The Hall–Kier alpha value is -2.90. The minimum absolute atomic E-state index is 0.0185. The number of hydrogen-bond donors (Lipinski definition) is 1. The summed E-state index contributed by atoms with van der Waals surface area (Å²) in [6.07, 6.45) is 3.63. The van der Waals surface area contributed by atoms with E-state index in [4.69, 9.17) is 9.47 Å². The highest BCUT2D eigenvalue weighted by atomic mass is 16.5. The zero-order valence-electron chi connectivity index (χ0n) is 16.8. The maximum absolute atomic E-state index is 12.6. The molecule has 3 amide bonds. The first kappa shape index (κ1) is 20.8. The summed E-state index contributed by atoms with van der Waals surface area (Å²) in [6, 6.07) is 4.58.